The van der Waals surface area contributed by atoms with Gasteiger partial charge in [-0.15, -0.1) is 11.3 Å². The molecule has 2 aliphatic rings. The molecule has 2 fully saturated rings. The van der Waals surface area contributed by atoms with E-state index in [1.807, 2.05) is 77.4 Å². The van der Waals surface area contributed by atoms with Crippen molar-refractivity contribution in [3.05, 3.63) is 82.6 Å². The van der Waals surface area contributed by atoms with Crippen molar-refractivity contribution in [2.75, 3.05) is 24.5 Å². The standard InChI is InChI=1S/C28H32N4O2S/c1-3-29(20-26-17-14-21(2)35-26)27(33)32-24-15-16-25(32)19-30(18-24)28(34)31(22-10-6-4-7-11-22)23-12-8-5-9-13-23/h4-14,17,24-25H,3,15-16,18-20H2,1-2H3/t24-,25+. The van der Waals surface area contributed by atoms with Crippen molar-refractivity contribution >= 4 is 34.8 Å². The zero-order chi connectivity index (χ0) is 24.4. The van der Waals surface area contributed by atoms with Gasteiger partial charge in [0.05, 0.1) is 30.0 Å². The van der Waals surface area contributed by atoms with Crippen LogP contribution in [0.1, 0.15) is 29.5 Å². The monoisotopic (exact) mass is 488 g/mol. The highest BCUT2D eigenvalue weighted by Gasteiger charge is 2.45. The van der Waals surface area contributed by atoms with E-state index in [1.165, 1.54) is 9.75 Å². The summed E-state index contributed by atoms with van der Waals surface area (Å²) in [7, 11) is 0. The highest BCUT2D eigenvalue weighted by molar-refractivity contribution is 7.11. The Morgan fingerprint density at radius 2 is 1.43 bits per heavy atom. The first-order chi connectivity index (χ1) is 17.0. The number of aryl methyl sites for hydroxylation is 1. The van der Waals surface area contributed by atoms with Gasteiger partial charge in [-0.05, 0) is 63.1 Å². The fourth-order valence-corrected chi connectivity index (χ4v) is 6.18. The third-order valence-corrected chi connectivity index (χ3v) is 7.97. The number of para-hydroxylation sites is 2. The van der Waals surface area contributed by atoms with Gasteiger partial charge < -0.3 is 14.7 Å². The number of benzene rings is 2. The SMILES string of the molecule is CCN(Cc1ccc(C)s1)C(=O)N1[C@@H]2CC[C@H]1CN(C(=O)N(c1ccccc1)c1ccccc1)C2. The lowest BCUT2D eigenvalue weighted by molar-refractivity contribution is 0.0818. The first-order valence-corrected chi connectivity index (χ1v) is 13.2. The highest BCUT2D eigenvalue weighted by atomic mass is 32.1. The fraction of sp³-hybridized carbons (Fsp3) is 0.357. The first-order valence-electron chi connectivity index (χ1n) is 12.4. The largest absolute Gasteiger partial charge is 0.329 e. The minimum atomic E-state index is -0.0344. The summed E-state index contributed by atoms with van der Waals surface area (Å²) in [6.07, 6.45) is 1.87. The van der Waals surface area contributed by atoms with Crippen LogP contribution in [0.3, 0.4) is 0 Å². The van der Waals surface area contributed by atoms with Gasteiger partial charge in [-0.3, -0.25) is 4.90 Å². The number of likely N-dealkylation sites (tertiary alicyclic amines) is 1. The lowest BCUT2D eigenvalue weighted by Gasteiger charge is -2.44. The zero-order valence-corrected chi connectivity index (χ0v) is 21.2. The van der Waals surface area contributed by atoms with Gasteiger partial charge in [0.2, 0.25) is 0 Å². The molecule has 6 nitrogen and oxygen atoms in total. The fourth-order valence-electron chi connectivity index (χ4n) is 5.27. The Morgan fingerprint density at radius 1 is 0.857 bits per heavy atom. The molecule has 1 aromatic heterocycles. The van der Waals surface area contributed by atoms with Crippen LogP contribution in [0, 0.1) is 6.92 Å². The number of carbonyl (C=O) groups is 2. The molecule has 2 atom stereocenters. The average Bonchev–Trinajstić information content (AvgIpc) is 3.42. The van der Waals surface area contributed by atoms with E-state index in [0.29, 0.717) is 26.2 Å². The molecular weight excluding hydrogens is 456 g/mol. The Morgan fingerprint density at radius 3 is 1.91 bits per heavy atom. The van der Waals surface area contributed by atoms with Gasteiger partial charge in [0.15, 0.2) is 0 Å². The van der Waals surface area contributed by atoms with Gasteiger partial charge in [0, 0.05) is 29.4 Å². The van der Waals surface area contributed by atoms with Crippen molar-refractivity contribution in [1.29, 1.82) is 0 Å². The number of amides is 4. The average molecular weight is 489 g/mol. The Balaban J connectivity index is 1.33. The van der Waals surface area contributed by atoms with Crippen LogP contribution in [0.5, 0.6) is 0 Å². The van der Waals surface area contributed by atoms with Gasteiger partial charge in [0.1, 0.15) is 0 Å². The van der Waals surface area contributed by atoms with Crippen LogP contribution in [-0.2, 0) is 6.54 Å². The number of hydrogen-bond donors (Lipinski definition) is 0. The predicted octanol–water partition coefficient (Wildman–Crippen LogP) is 6.11. The molecule has 0 saturated carbocycles. The van der Waals surface area contributed by atoms with E-state index in [4.69, 9.17) is 0 Å². The van der Waals surface area contributed by atoms with Crippen molar-refractivity contribution in [2.24, 2.45) is 0 Å². The number of hydrogen-bond acceptors (Lipinski definition) is 3. The second-order valence-corrected chi connectivity index (χ2v) is 10.7. The number of thiophene rings is 1. The summed E-state index contributed by atoms with van der Waals surface area (Å²) in [4.78, 5) is 37.7. The van der Waals surface area contributed by atoms with Crippen molar-refractivity contribution in [1.82, 2.24) is 14.7 Å². The molecule has 0 spiro atoms. The van der Waals surface area contributed by atoms with E-state index in [-0.39, 0.29) is 24.1 Å². The third kappa shape index (κ3) is 4.78. The molecule has 0 unspecified atom stereocenters. The minimum Gasteiger partial charge on any atom is -0.320 e. The third-order valence-electron chi connectivity index (χ3n) is 6.99. The number of piperazine rings is 1. The molecule has 2 aromatic carbocycles. The number of anilines is 2. The molecule has 4 amide bonds. The van der Waals surface area contributed by atoms with Crippen molar-refractivity contribution < 1.29 is 9.59 Å². The highest BCUT2D eigenvalue weighted by Crippen LogP contribution is 2.34. The molecule has 35 heavy (non-hydrogen) atoms. The molecule has 182 valence electrons. The van der Waals surface area contributed by atoms with Crippen LogP contribution in [-0.4, -0.2) is 58.5 Å². The first kappa shape index (κ1) is 23.4. The molecule has 0 aliphatic carbocycles. The predicted molar refractivity (Wildman–Crippen MR) is 141 cm³/mol. The Kier molecular flexibility index (Phi) is 6.77. The molecule has 2 saturated heterocycles. The topological polar surface area (TPSA) is 47.1 Å². The number of nitrogens with zero attached hydrogens (tertiary/aromatic N) is 4. The van der Waals surface area contributed by atoms with Crippen LogP contribution in [0.4, 0.5) is 21.0 Å². The Labute approximate surface area is 211 Å². The summed E-state index contributed by atoms with van der Waals surface area (Å²) >= 11 is 1.75. The zero-order valence-electron chi connectivity index (χ0n) is 20.3. The number of urea groups is 2. The van der Waals surface area contributed by atoms with Crippen LogP contribution < -0.4 is 4.90 Å². The van der Waals surface area contributed by atoms with E-state index < -0.39 is 0 Å². The van der Waals surface area contributed by atoms with Gasteiger partial charge in [-0.1, -0.05) is 36.4 Å². The molecule has 2 bridgehead atoms. The van der Waals surface area contributed by atoms with Crippen molar-refractivity contribution in [3.63, 3.8) is 0 Å². The summed E-state index contributed by atoms with van der Waals surface area (Å²) < 4.78 is 0. The molecule has 2 aliphatic heterocycles. The van der Waals surface area contributed by atoms with Gasteiger partial charge in [0.25, 0.3) is 0 Å². The Bertz CT molecular complexity index is 1110. The molecule has 3 aromatic rings. The van der Waals surface area contributed by atoms with E-state index in [1.54, 1.807) is 16.2 Å². The lowest BCUT2D eigenvalue weighted by atomic mass is 10.2. The second kappa shape index (κ2) is 10.1. The number of carbonyl (C=O) groups excluding carboxylic acids is 2. The summed E-state index contributed by atoms with van der Waals surface area (Å²) in [6, 6.07) is 24.0. The molecular formula is C28H32N4O2S. The Hall–Kier alpha value is -3.32. The minimum absolute atomic E-state index is 0.0344. The number of fused-ring (bicyclic) bond motifs is 2. The van der Waals surface area contributed by atoms with Crippen LogP contribution >= 0.6 is 11.3 Å². The maximum absolute atomic E-state index is 13.9. The second-order valence-electron chi connectivity index (χ2n) is 9.30. The van der Waals surface area contributed by atoms with Crippen LogP contribution in [0.15, 0.2) is 72.8 Å². The van der Waals surface area contributed by atoms with Crippen LogP contribution in [0.25, 0.3) is 0 Å². The van der Waals surface area contributed by atoms with Gasteiger partial charge >= 0.3 is 12.1 Å². The van der Waals surface area contributed by atoms with Gasteiger partial charge in [-0.25, -0.2) is 9.59 Å². The molecule has 5 rings (SSSR count). The maximum atomic E-state index is 13.9. The van der Waals surface area contributed by atoms with E-state index >= 15 is 0 Å². The molecule has 0 radical (unpaired) electrons. The van der Waals surface area contributed by atoms with E-state index in [2.05, 4.69) is 24.0 Å². The summed E-state index contributed by atoms with van der Waals surface area (Å²) in [5, 5.41) is 0. The van der Waals surface area contributed by atoms with E-state index in [9.17, 15) is 9.59 Å². The summed E-state index contributed by atoms with van der Waals surface area (Å²) in [6.45, 7) is 6.57. The molecule has 3 heterocycles. The lowest BCUT2D eigenvalue weighted by Crippen LogP contribution is -2.61. The van der Waals surface area contributed by atoms with Crippen molar-refractivity contribution in [3.8, 4) is 0 Å². The van der Waals surface area contributed by atoms with Gasteiger partial charge in [-0.2, -0.15) is 0 Å². The quantitative estimate of drug-likeness (QED) is 0.435. The molecule has 7 heteroatoms. The summed E-state index contributed by atoms with van der Waals surface area (Å²) in [5.41, 5.74) is 1.69. The molecule has 0 N–H and O–H groups in total. The normalized spacial score (nSPS) is 19.0. The number of rotatable bonds is 5. The summed E-state index contributed by atoms with van der Waals surface area (Å²) in [5.74, 6) is 0. The van der Waals surface area contributed by atoms with E-state index in [0.717, 1.165) is 24.2 Å². The van der Waals surface area contributed by atoms with Crippen molar-refractivity contribution in [2.45, 2.75) is 45.3 Å². The maximum Gasteiger partial charge on any atom is 0.329 e. The smallest absolute Gasteiger partial charge is 0.320 e. The van der Waals surface area contributed by atoms with Crippen LogP contribution in [0.2, 0.25) is 0 Å².